The van der Waals surface area contributed by atoms with Crippen molar-refractivity contribution < 1.29 is 14.0 Å². The number of anilines is 1. The normalized spacial score (nSPS) is 11.3. The third kappa shape index (κ3) is 4.50. The van der Waals surface area contributed by atoms with Crippen LogP contribution in [-0.2, 0) is 4.79 Å². The van der Waals surface area contributed by atoms with Crippen molar-refractivity contribution in [2.45, 2.75) is 0 Å². The van der Waals surface area contributed by atoms with Gasteiger partial charge < -0.3 is 15.1 Å². The molecule has 3 aromatic carbocycles. The molecule has 0 saturated carbocycles. The first kappa shape index (κ1) is 19.7. The fourth-order valence-electron chi connectivity index (χ4n) is 2.99. The van der Waals surface area contributed by atoms with Crippen LogP contribution in [0.5, 0.6) is 0 Å². The minimum Gasteiger partial charge on any atom is -0.465 e. The van der Waals surface area contributed by atoms with Gasteiger partial charge in [-0.3, -0.25) is 9.59 Å². The molecule has 0 spiro atoms. The van der Waals surface area contributed by atoms with Gasteiger partial charge in [-0.05, 0) is 47.9 Å². The predicted molar refractivity (Wildman–Crippen MR) is 121 cm³/mol. The van der Waals surface area contributed by atoms with Crippen LogP contribution in [0.1, 0.15) is 16.1 Å². The Hall–Kier alpha value is -3.64. The van der Waals surface area contributed by atoms with Crippen molar-refractivity contribution in [2.24, 2.45) is 0 Å². The first-order chi connectivity index (χ1) is 14.6. The molecule has 0 unspecified atom stereocenters. The van der Waals surface area contributed by atoms with Gasteiger partial charge >= 0.3 is 0 Å². The van der Waals surface area contributed by atoms with Crippen molar-refractivity contribution in [2.75, 3.05) is 5.32 Å². The van der Waals surface area contributed by atoms with Gasteiger partial charge in [-0.1, -0.05) is 52.3 Å². The van der Waals surface area contributed by atoms with Crippen LogP contribution in [0.3, 0.4) is 0 Å². The van der Waals surface area contributed by atoms with Gasteiger partial charge in [0.2, 0.25) is 0 Å². The largest absolute Gasteiger partial charge is 0.465 e. The third-order valence-corrected chi connectivity index (χ3v) is 5.00. The zero-order valence-corrected chi connectivity index (χ0v) is 17.3. The third-order valence-electron chi connectivity index (χ3n) is 4.47. The van der Waals surface area contributed by atoms with Gasteiger partial charge in [-0.25, -0.2) is 0 Å². The van der Waals surface area contributed by atoms with Crippen LogP contribution in [0.15, 0.2) is 99.7 Å². The van der Waals surface area contributed by atoms with E-state index in [-0.39, 0.29) is 5.70 Å². The topological polar surface area (TPSA) is 71.3 Å². The molecule has 0 saturated heterocycles. The van der Waals surface area contributed by atoms with Gasteiger partial charge in [0.25, 0.3) is 11.8 Å². The first-order valence-corrected chi connectivity index (χ1v) is 10.0. The van der Waals surface area contributed by atoms with Gasteiger partial charge in [0.05, 0.1) is 6.26 Å². The molecule has 1 heterocycles. The van der Waals surface area contributed by atoms with Gasteiger partial charge in [0, 0.05) is 27.2 Å². The van der Waals surface area contributed by atoms with Crippen molar-refractivity contribution in [1.29, 1.82) is 0 Å². The number of carbonyl (C=O) groups excluding carboxylic acids is 2. The average molecular weight is 461 g/mol. The molecule has 0 bridgehead atoms. The number of hydrogen-bond acceptors (Lipinski definition) is 3. The Balaban J connectivity index is 1.63. The molecular weight excluding hydrogens is 444 g/mol. The quantitative estimate of drug-likeness (QED) is 0.380. The summed E-state index contributed by atoms with van der Waals surface area (Å²) in [7, 11) is 0. The molecular formula is C24H17BrN2O3. The van der Waals surface area contributed by atoms with Gasteiger partial charge in [-0.2, -0.15) is 0 Å². The molecule has 30 heavy (non-hydrogen) atoms. The molecule has 0 radical (unpaired) electrons. The highest BCUT2D eigenvalue weighted by Crippen LogP contribution is 2.23. The standard InChI is InChI=1S/C24H17BrN2O3/c25-18-12-10-17(11-13-18)23(28)27-22(15-19-7-4-14-30-19)24(29)26-21-9-3-6-16-5-1-2-8-20(16)21/h1-15H,(H,26,29)(H,27,28)/b22-15+. The Morgan fingerprint density at radius 3 is 2.40 bits per heavy atom. The van der Waals surface area contributed by atoms with Crippen molar-refractivity contribution in [3.63, 3.8) is 0 Å². The minimum absolute atomic E-state index is 0.0748. The van der Waals surface area contributed by atoms with Gasteiger partial charge in [0.15, 0.2) is 0 Å². The number of rotatable bonds is 5. The maximum Gasteiger partial charge on any atom is 0.272 e. The smallest absolute Gasteiger partial charge is 0.272 e. The SMILES string of the molecule is O=C(Nc1cccc2ccccc12)/C(=C\c1ccco1)NC(=O)c1ccc(Br)cc1. The van der Waals surface area contributed by atoms with Crippen LogP contribution in [0.4, 0.5) is 5.69 Å². The molecule has 4 rings (SSSR count). The summed E-state index contributed by atoms with van der Waals surface area (Å²) in [5.74, 6) is -0.393. The summed E-state index contributed by atoms with van der Waals surface area (Å²) in [4.78, 5) is 25.7. The first-order valence-electron chi connectivity index (χ1n) is 9.21. The molecule has 1 aromatic heterocycles. The number of benzene rings is 3. The Bertz CT molecular complexity index is 1220. The Kier molecular flexibility index (Phi) is 5.77. The molecule has 4 aromatic rings. The summed E-state index contributed by atoms with van der Waals surface area (Å²) in [6, 6.07) is 23.7. The molecule has 5 nitrogen and oxygen atoms in total. The van der Waals surface area contributed by atoms with Crippen LogP contribution in [0.25, 0.3) is 16.8 Å². The Morgan fingerprint density at radius 2 is 1.63 bits per heavy atom. The number of furan rings is 1. The second kappa shape index (κ2) is 8.80. The van der Waals surface area contributed by atoms with E-state index >= 15 is 0 Å². The van der Waals surface area contributed by atoms with Crippen LogP contribution < -0.4 is 10.6 Å². The molecule has 0 aliphatic rings. The molecule has 148 valence electrons. The van der Waals surface area contributed by atoms with Crippen LogP contribution >= 0.6 is 15.9 Å². The Morgan fingerprint density at radius 1 is 0.867 bits per heavy atom. The number of carbonyl (C=O) groups is 2. The molecule has 2 amide bonds. The van der Waals surface area contributed by atoms with E-state index in [1.807, 2.05) is 42.5 Å². The summed E-state index contributed by atoms with van der Waals surface area (Å²) < 4.78 is 6.18. The van der Waals surface area contributed by atoms with E-state index in [0.29, 0.717) is 17.0 Å². The van der Waals surface area contributed by atoms with Gasteiger partial charge in [-0.15, -0.1) is 0 Å². The Labute approximate surface area is 181 Å². The van der Waals surface area contributed by atoms with Crippen molar-refractivity contribution >= 4 is 50.3 Å². The summed E-state index contributed by atoms with van der Waals surface area (Å²) in [6.07, 6.45) is 3.00. The van der Waals surface area contributed by atoms with Crippen molar-refractivity contribution in [1.82, 2.24) is 5.32 Å². The predicted octanol–water partition coefficient (Wildman–Crippen LogP) is 5.60. The van der Waals surface area contributed by atoms with E-state index in [9.17, 15) is 9.59 Å². The summed E-state index contributed by atoms with van der Waals surface area (Å²) in [6.45, 7) is 0. The second-order valence-corrected chi connectivity index (χ2v) is 7.43. The van der Waals surface area contributed by atoms with Crippen molar-refractivity contribution in [3.8, 4) is 0 Å². The highest BCUT2D eigenvalue weighted by Gasteiger charge is 2.16. The van der Waals surface area contributed by atoms with Crippen LogP contribution in [0.2, 0.25) is 0 Å². The minimum atomic E-state index is -0.451. The maximum absolute atomic E-state index is 13.1. The van der Waals surface area contributed by atoms with E-state index in [1.165, 1.54) is 12.3 Å². The monoisotopic (exact) mass is 460 g/mol. The molecule has 2 N–H and O–H groups in total. The zero-order valence-electron chi connectivity index (χ0n) is 15.8. The van der Waals surface area contributed by atoms with E-state index in [1.54, 1.807) is 36.4 Å². The number of fused-ring (bicyclic) bond motifs is 1. The summed E-state index contributed by atoms with van der Waals surface area (Å²) in [5.41, 5.74) is 1.16. The lowest BCUT2D eigenvalue weighted by molar-refractivity contribution is -0.113. The number of nitrogens with one attached hydrogen (secondary N) is 2. The lowest BCUT2D eigenvalue weighted by atomic mass is 10.1. The number of halogens is 1. The summed E-state index contributed by atoms with van der Waals surface area (Å²) >= 11 is 3.35. The highest BCUT2D eigenvalue weighted by molar-refractivity contribution is 9.10. The molecule has 0 atom stereocenters. The summed E-state index contributed by atoms with van der Waals surface area (Å²) in [5, 5.41) is 7.50. The molecule has 6 heteroatoms. The van der Waals surface area contributed by atoms with E-state index in [0.717, 1.165) is 15.2 Å². The van der Waals surface area contributed by atoms with E-state index in [2.05, 4.69) is 26.6 Å². The zero-order chi connectivity index (χ0) is 20.9. The molecule has 0 aliphatic carbocycles. The fourth-order valence-corrected chi connectivity index (χ4v) is 3.26. The maximum atomic E-state index is 13.1. The number of amides is 2. The average Bonchev–Trinajstić information content (AvgIpc) is 3.27. The number of hydrogen-bond donors (Lipinski definition) is 2. The molecule has 0 aliphatic heterocycles. The molecule has 0 fully saturated rings. The highest BCUT2D eigenvalue weighted by atomic mass is 79.9. The second-order valence-electron chi connectivity index (χ2n) is 6.52. The fraction of sp³-hybridized carbons (Fsp3) is 0. The van der Waals surface area contributed by atoms with Crippen LogP contribution in [-0.4, -0.2) is 11.8 Å². The van der Waals surface area contributed by atoms with E-state index in [4.69, 9.17) is 4.42 Å². The van der Waals surface area contributed by atoms with Crippen LogP contribution in [0, 0.1) is 0 Å². The van der Waals surface area contributed by atoms with Gasteiger partial charge in [0.1, 0.15) is 11.5 Å². The lowest BCUT2D eigenvalue weighted by Crippen LogP contribution is -2.30. The van der Waals surface area contributed by atoms with E-state index < -0.39 is 11.8 Å². The van der Waals surface area contributed by atoms with Crippen molar-refractivity contribution in [3.05, 3.63) is 107 Å². The lowest BCUT2D eigenvalue weighted by Gasteiger charge is -2.12.